The second-order valence-electron chi connectivity index (χ2n) is 2.82. The third-order valence-electron chi connectivity index (χ3n) is 1.98. The number of allylic oxidation sites excluding steroid dienone is 2. The standard InChI is InChI=1S/C11H11N.Ca/c1-2-4-10(5-3-1)11-6-8-12-9-7-11;/h1-9,11-12H;/q;+2. The molecule has 1 N–H and O–H groups in total. The van der Waals surface area contributed by atoms with Crippen molar-refractivity contribution < 1.29 is 0 Å². The van der Waals surface area contributed by atoms with Crippen molar-refractivity contribution in [3.05, 3.63) is 60.4 Å². The van der Waals surface area contributed by atoms with E-state index in [1.165, 1.54) is 5.56 Å². The van der Waals surface area contributed by atoms with Crippen LogP contribution in [-0.4, -0.2) is 37.7 Å². The Bertz CT molecular complexity index is 291. The average molecular weight is 197 g/mol. The van der Waals surface area contributed by atoms with Gasteiger partial charge in [0.05, 0.1) is 0 Å². The first-order valence-electron chi connectivity index (χ1n) is 4.11. The zero-order chi connectivity index (χ0) is 8.23. The van der Waals surface area contributed by atoms with Gasteiger partial charge in [-0.1, -0.05) is 42.5 Å². The monoisotopic (exact) mass is 197 g/mol. The maximum atomic E-state index is 3.02. The molecule has 2 heteroatoms. The van der Waals surface area contributed by atoms with Crippen LogP contribution in [0.25, 0.3) is 0 Å². The number of hydrogen-bond donors (Lipinski definition) is 1. The third-order valence-corrected chi connectivity index (χ3v) is 1.98. The SMILES string of the molecule is C1=CC(c2ccccc2)C=CN1.[Ca+2]. The third kappa shape index (κ3) is 2.87. The predicted molar refractivity (Wildman–Crippen MR) is 56.4 cm³/mol. The van der Waals surface area contributed by atoms with Crippen molar-refractivity contribution in [2.75, 3.05) is 0 Å². The van der Waals surface area contributed by atoms with Crippen LogP contribution >= 0.6 is 0 Å². The second kappa shape index (κ2) is 5.48. The van der Waals surface area contributed by atoms with Gasteiger partial charge in [-0.3, -0.25) is 0 Å². The Morgan fingerprint density at radius 2 is 1.54 bits per heavy atom. The molecule has 0 spiro atoms. The molecular weight excluding hydrogens is 186 g/mol. The van der Waals surface area contributed by atoms with E-state index in [1.807, 2.05) is 18.5 Å². The molecule has 0 aromatic heterocycles. The normalized spacial score (nSPS) is 14.8. The van der Waals surface area contributed by atoms with E-state index in [9.17, 15) is 0 Å². The summed E-state index contributed by atoms with van der Waals surface area (Å²) >= 11 is 0. The molecule has 1 nitrogen and oxygen atoms in total. The molecule has 1 aromatic carbocycles. The van der Waals surface area contributed by atoms with Crippen LogP contribution in [0.3, 0.4) is 0 Å². The van der Waals surface area contributed by atoms with E-state index in [4.69, 9.17) is 0 Å². The van der Waals surface area contributed by atoms with Crippen molar-refractivity contribution in [3.8, 4) is 0 Å². The van der Waals surface area contributed by atoms with Crippen LogP contribution < -0.4 is 5.32 Å². The largest absolute Gasteiger partial charge is 2.00 e. The van der Waals surface area contributed by atoms with Crippen LogP contribution in [-0.2, 0) is 0 Å². The molecule has 0 unspecified atom stereocenters. The van der Waals surface area contributed by atoms with E-state index < -0.39 is 0 Å². The Kier molecular flexibility index (Phi) is 4.57. The summed E-state index contributed by atoms with van der Waals surface area (Å²) < 4.78 is 0. The van der Waals surface area contributed by atoms with E-state index >= 15 is 0 Å². The van der Waals surface area contributed by atoms with Gasteiger partial charge in [0.15, 0.2) is 0 Å². The molecule has 13 heavy (non-hydrogen) atoms. The summed E-state index contributed by atoms with van der Waals surface area (Å²) in [5, 5.41) is 3.02. The average Bonchev–Trinajstić information content (AvgIpc) is 2.21. The number of hydrogen-bond acceptors (Lipinski definition) is 1. The van der Waals surface area contributed by atoms with Crippen molar-refractivity contribution in [3.63, 3.8) is 0 Å². The maximum absolute atomic E-state index is 3.02. The summed E-state index contributed by atoms with van der Waals surface area (Å²) in [6.45, 7) is 0. The number of dihydropyridines is 1. The molecular formula is C11H11CaN+2. The first-order chi connectivity index (χ1) is 5.97. The van der Waals surface area contributed by atoms with Crippen molar-refractivity contribution in [1.29, 1.82) is 0 Å². The predicted octanol–water partition coefficient (Wildman–Crippen LogP) is 2.02. The Morgan fingerprint density at radius 3 is 2.15 bits per heavy atom. The molecule has 0 fully saturated rings. The Balaban J connectivity index is 0.000000845. The quantitative estimate of drug-likeness (QED) is 0.679. The number of nitrogens with one attached hydrogen (secondary N) is 1. The van der Waals surface area contributed by atoms with Gasteiger partial charge < -0.3 is 5.32 Å². The molecule has 1 heterocycles. The van der Waals surface area contributed by atoms with Gasteiger partial charge in [0, 0.05) is 5.92 Å². The van der Waals surface area contributed by atoms with Crippen LogP contribution in [0.2, 0.25) is 0 Å². The molecule has 2 rings (SSSR count). The number of benzene rings is 1. The van der Waals surface area contributed by atoms with E-state index in [0.717, 1.165) is 0 Å². The smallest absolute Gasteiger partial charge is 0.368 e. The zero-order valence-electron chi connectivity index (χ0n) is 7.48. The molecule has 0 aliphatic carbocycles. The van der Waals surface area contributed by atoms with E-state index in [1.54, 1.807) is 0 Å². The topological polar surface area (TPSA) is 12.0 Å². The molecule has 0 radical (unpaired) electrons. The molecule has 0 bridgehead atoms. The maximum Gasteiger partial charge on any atom is 2.00 e. The van der Waals surface area contributed by atoms with Crippen molar-refractivity contribution >= 4 is 37.7 Å². The number of rotatable bonds is 1. The molecule has 1 aliphatic heterocycles. The van der Waals surface area contributed by atoms with Crippen LogP contribution in [0.1, 0.15) is 11.5 Å². The summed E-state index contributed by atoms with van der Waals surface area (Å²) in [6.07, 6.45) is 8.24. The molecule has 0 amide bonds. The Hall–Kier alpha value is -0.240. The van der Waals surface area contributed by atoms with Crippen molar-refractivity contribution in [1.82, 2.24) is 5.32 Å². The molecule has 0 atom stereocenters. The van der Waals surface area contributed by atoms with Crippen molar-refractivity contribution in [2.24, 2.45) is 0 Å². The zero-order valence-corrected chi connectivity index (χ0v) is 9.69. The van der Waals surface area contributed by atoms with Crippen LogP contribution in [0, 0.1) is 0 Å². The molecule has 1 aliphatic rings. The van der Waals surface area contributed by atoms with Gasteiger partial charge in [-0.05, 0) is 18.0 Å². The summed E-state index contributed by atoms with van der Waals surface area (Å²) in [7, 11) is 0. The van der Waals surface area contributed by atoms with Gasteiger partial charge in [0.2, 0.25) is 0 Å². The van der Waals surface area contributed by atoms with Gasteiger partial charge in [-0.15, -0.1) is 0 Å². The summed E-state index contributed by atoms with van der Waals surface area (Å²) in [6, 6.07) is 10.5. The second-order valence-corrected chi connectivity index (χ2v) is 2.82. The van der Waals surface area contributed by atoms with Crippen molar-refractivity contribution in [2.45, 2.75) is 5.92 Å². The van der Waals surface area contributed by atoms with E-state index in [-0.39, 0.29) is 37.7 Å². The minimum absolute atomic E-state index is 0. The molecule has 1 aromatic rings. The fourth-order valence-electron chi connectivity index (χ4n) is 1.34. The van der Waals surface area contributed by atoms with Crippen LogP contribution in [0.15, 0.2) is 54.9 Å². The van der Waals surface area contributed by atoms with E-state index in [0.29, 0.717) is 5.92 Å². The first-order valence-corrected chi connectivity index (χ1v) is 4.11. The van der Waals surface area contributed by atoms with E-state index in [2.05, 4.69) is 41.7 Å². The summed E-state index contributed by atoms with van der Waals surface area (Å²) in [4.78, 5) is 0. The fraction of sp³-hybridized carbons (Fsp3) is 0.0909. The van der Waals surface area contributed by atoms with Crippen LogP contribution in [0.5, 0.6) is 0 Å². The Labute approximate surface area is 109 Å². The van der Waals surface area contributed by atoms with Gasteiger partial charge in [-0.25, -0.2) is 0 Å². The fourth-order valence-corrected chi connectivity index (χ4v) is 1.34. The Morgan fingerprint density at radius 1 is 0.923 bits per heavy atom. The summed E-state index contributed by atoms with van der Waals surface area (Å²) in [5.41, 5.74) is 1.34. The van der Waals surface area contributed by atoms with Gasteiger partial charge in [0.1, 0.15) is 0 Å². The first kappa shape index (κ1) is 10.8. The molecule has 60 valence electrons. The van der Waals surface area contributed by atoms with Crippen LogP contribution in [0.4, 0.5) is 0 Å². The van der Waals surface area contributed by atoms with Gasteiger partial charge >= 0.3 is 37.7 Å². The minimum atomic E-state index is 0. The minimum Gasteiger partial charge on any atom is -0.368 e. The van der Waals surface area contributed by atoms with Gasteiger partial charge in [-0.2, -0.15) is 0 Å². The molecule has 0 saturated carbocycles. The summed E-state index contributed by atoms with van der Waals surface area (Å²) in [5.74, 6) is 0.437. The molecule has 0 saturated heterocycles. The van der Waals surface area contributed by atoms with Gasteiger partial charge in [0.25, 0.3) is 0 Å².